The second kappa shape index (κ2) is 4.85. The van der Waals surface area contributed by atoms with Gasteiger partial charge in [0.1, 0.15) is 5.82 Å². The molecule has 96 valence electrons. The number of hydrogen-bond donors (Lipinski definition) is 2. The largest absolute Gasteiger partial charge is 0.339 e. The van der Waals surface area contributed by atoms with E-state index in [2.05, 4.69) is 44.5 Å². The Morgan fingerprint density at radius 2 is 2.00 bits per heavy atom. The predicted molar refractivity (Wildman–Crippen MR) is 75.8 cm³/mol. The van der Waals surface area contributed by atoms with Crippen LogP contribution in [0.4, 0.5) is 11.5 Å². The maximum Gasteiger partial charge on any atom is 0.226 e. The molecule has 1 aromatic carbocycles. The van der Waals surface area contributed by atoms with Crippen LogP contribution in [-0.4, -0.2) is 20.2 Å². The number of aryl methyl sites for hydroxylation is 1. The van der Waals surface area contributed by atoms with Crippen LogP contribution in [-0.2, 0) is 6.42 Å². The van der Waals surface area contributed by atoms with E-state index in [-0.39, 0.29) is 5.28 Å². The van der Waals surface area contributed by atoms with Crippen molar-refractivity contribution in [1.29, 1.82) is 0 Å². The Morgan fingerprint density at radius 3 is 2.74 bits per heavy atom. The molecule has 0 bridgehead atoms. The molecule has 0 saturated heterocycles. The van der Waals surface area contributed by atoms with E-state index in [9.17, 15) is 0 Å². The maximum absolute atomic E-state index is 5.88. The lowest BCUT2D eigenvalue weighted by Crippen LogP contribution is -1.96. The second-order valence-corrected chi connectivity index (χ2v) is 4.49. The lowest BCUT2D eigenvalue weighted by Gasteiger charge is -2.07. The molecule has 2 aromatic heterocycles. The van der Waals surface area contributed by atoms with Crippen molar-refractivity contribution in [3.8, 4) is 0 Å². The van der Waals surface area contributed by atoms with Crippen molar-refractivity contribution in [2.45, 2.75) is 13.3 Å². The van der Waals surface area contributed by atoms with Crippen LogP contribution in [0.15, 0.2) is 30.5 Å². The van der Waals surface area contributed by atoms with Crippen molar-refractivity contribution in [1.82, 2.24) is 20.2 Å². The van der Waals surface area contributed by atoms with Crippen LogP contribution < -0.4 is 5.32 Å². The molecule has 0 aliphatic rings. The van der Waals surface area contributed by atoms with Crippen LogP contribution in [0.25, 0.3) is 11.0 Å². The highest BCUT2D eigenvalue weighted by Gasteiger charge is 2.08. The fourth-order valence-corrected chi connectivity index (χ4v) is 2.03. The van der Waals surface area contributed by atoms with Gasteiger partial charge in [0.05, 0.1) is 11.6 Å². The summed E-state index contributed by atoms with van der Waals surface area (Å²) in [6, 6.07) is 8.19. The zero-order valence-corrected chi connectivity index (χ0v) is 11.1. The average Bonchev–Trinajstić information content (AvgIpc) is 2.88. The van der Waals surface area contributed by atoms with Gasteiger partial charge in [0.15, 0.2) is 5.65 Å². The highest BCUT2D eigenvalue weighted by molar-refractivity contribution is 6.28. The molecule has 0 aliphatic carbocycles. The maximum atomic E-state index is 5.88. The third-order valence-corrected chi connectivity index (χ3v) is 3.08. The van der Waals surface area contributed by atoms with Crippen molar-refractivity contribution in [2.75, 3.05) is 5.32 Å². The third-order valence-electron chi connectivity index (χ3n) is 2.91. The number of nitrogens with zero attached hydrogens (tertiary/aromatic N) is 3. The molecule has 0 unspecified atom stereocenters. The molecule has 0 spiro atoms. The first-order valence-corrected chi connectivity index (χ1v) is 6.36. The molecule has 0 radical (unpaired) electrons. The summed E-state index contributed by atoms with van der Waals surface area (Å²) < 4.78 is 0. The van der Waals surface area contributed by atoms with Gasteiger partial charge in [-0.2, -0.15) is 15.1 Å². The number of anilines is 2. The van der Waals surface area contributed by atoms with Crippen molar-refractivity contribution >= 4 is 34.1 Å². The topological polar surface area (TPSA) is 66.5 Å². The molecule has 0 amide bonds. The van der Waals surface area contributed by atoms with Crippen molar-refractivity contribution in [3.63, 3.8) is 0 Å². The van der Waals surface area contributed by atoms with Crippen molar-refractivity contribution in [3.05, 3.63) is 41.3 Å². The summed E-state index contributed by atoms with van der Waals surface area (Å²) in [5.41, 5.74) is 2.86. The lowest BCUT2D eigenvalue weighted by molar-refractivity contribution is 1.09. The van der Waals surface area contributed by atoms with Crippen LogP contribution in [0.3, 0.4) is 0 Å². The van der Waals surface area contributed by atoms with E-state index in [1.54, 1.807) is 6.20 Å². The molecule has 0 atom stereocenters. The molecule has 3 aromatic rings. The minimum atomic E-state index is 0.185. The summed E-state index contributed by atoms with van der Waals surface area (Å²) in [6.07, 6.45) is 2.69. The standard InChI is InChI=1S/C13H12ClN5/c1-2-8-3-5-9(6-4-8)16-11-10-7-15-19-12(10)18-13(14)17-11/h3-7H,2H2,1H3,(H2,15,16,17,18,19). The second-order valence-electron chi connectivity index (χ2n) is 4.15. The Labute approximate surface area is 115 Å². The fourth-order valence-electron chi connectivity index (χ4n) is 1.86. The van der Waals surface area contributed by atoms with Gasteiger partial charge in [-0.1, -0.05) is 19.1 Å². The highest BCUT2D eigenvalue weighted by Crippen LogP contribution is 2.23. The van der Waals surface area contributed by atoms with Crippen LogP contribution >= 0.6 is 11.6 Å². The van der Waals surface area contributed by atoms with Gasteiger partial charge in [0, 0.05) is 5.69 Å². The van der Waals surface area contributed by atoms with E-state index in [0.717, 1.165) is 17.5 Å². The Kier molecular flexibility index (Phi) is 3.05. The first kappa shape index (κ1) is 11.9. The minimum Gasteiger partial charge on any atom is -0.339 e. The van der Waals surface area contributed by atoms with E-state index in [0.29, 0.717) is 11.5 Å². The highest BCUT2D eigenvalue weighted by atomic mass is 35.5. The molecule has 19 heavy (non-hydrogen) atoms. The molecular weight excluding hydrogens is 262 g/mol. The van der Waals surface area contributed by atoms with Crippen molar-refractivity contribution in [2.24, 2.45) is 0 Å². The monoisotopic (exact) mass is 273 g/mol. The molecule has 2 heterocycles. The summed E-state index contributed by atoms with van der Waals surface area (Å²) in [5.74, 6) is 0.646. The number of fused-ring (bicyclic) bond motifs is 1. The molecule has 2 N–H and O–H groups in total. The van der Waals surface area contributed by atoms with Gasteiger partial charge in [-0.3, -0.25) is 5.10 Å². The first-order chi connectivity index (χ1) is 9.26. The SMILES string of the molecule is CCc1ccc(Nc2nc(Cl)nc3[nH]ncc23)cc1. The summed E-state index contributed by atoms with van der Waals surface area (Å²) in [5, 5.41) is 10.9. The van der Waals surface area contributed by atoms with E-state index in [1.165, 1.54) is 5.56 Å². The smallest absolute Gasteiger partial charge is 0.226 e. The molecule has 3 rings (SSSR count). The van der Waals surface area contributed by atoms with Gasteiger partial charge in [-0.05, 0) is 35.7 Å². The van der Waals surface area contributed by atoms with Crippen LogP contribution in [0.2, 0.25) is 5.28 Å². The quantitative estimate of drug-likeness (QED) is 0.719. The summed E-state index contributed by atoms with van der Waals surface area (Å²) in [4.78, 5) is 8.26. The summed E-state index contributed by atoms with van der Waals surface area (Å²) >= 11 is 5.88. The fraction of sp³-hybridized carbons (Fsp3) is 0.154. The Balaban J connectivity index is 1.97. The van der Waals surface area contributed by atoms with Crippen LogP contribution in [0.5, 0.6) is 0 Å². The summed E-state index contributed by atoms with van der Waals surface area (Å²) in [7, 11) is 0. The average molecular weight is 274 g/mol. The van der Waals surface area contributed by atoms with Gasteiger partial charge in [-0.15, -0.1) is 0 Å². The molecule has 0 fully saturated rings. The molecular formula is C13H12ClN5. The summed E-state index contributed by atoms with van der Waals surface area (Å²) in [6.45, 7) is 2.13. The van der Waals surface area contributed by atoms with Gasteiger partial charge >= 0.3 is 0 Å². The van der Waals surface area contributed by atoms with Crippen LogP contribution in [0, 0.1) is 0 Å². The Bertz CT molecular complexity index is 705. The van der Waals surface area contributed by atoms with Gasteiger partial charge in [0.2, 0.25) is 5.28 Å². The third kappa shape index (κ3) is 2.37. The number of halogens is 1. The van der Waals surface area contributed by atoms with E-state index in [1.807, 2.05) is 12.1 Å². The predicted octanol–water partition coefficient (Wildman–Crippen LogP) is 3.31. The molecule has 0 saturated carbocycles. The minimum absolute atomic E-state index is 0.185. The van der Waals surface area contributed by atoms with E-state index < -0.39 is 0 Å². The number of benzene rings is 1. The van der Waals surface area contributed by atoms with Crippen LogP contribution in [0.1, 0.15) is 12.5 Å². The zero-order valence-electron chi connectivity index (χ0n) is 10.3. The Morgan fingerprint density at radius 1 is 1.21 bits per heavy atom. The van der Waals surface area contributed by atoms with Gasteiger partial charge < -0.3 is 5.32 Å². The normalized spacial score (nSPS) is 10.8. The van der Waals surface area contributed by atoms with E-state index in [4.69, 9.17) is 11.6 Å². The van der Waals surface area contributed by atoms with Crippen molar-refractivity contribution < 1.29 is 0 Å². The molecule has 5 nitrogen and oxygen atoms in total. The number of H-pyrrole nitrogens is 1. The van der Waals surface area contributed by atoms with Gasteiger partial charge in [0.25, 0.3) is 0 Å². The lowest BCUT2D eigenvalue weighted by atomic mass is 10.1. The van der Waals surface area contributed by atoms with Gasteiger partial charge in [-0.25, -0.2) is 0 Å². The Hall–Kier alpha value is -2.14. The number of rotatable bonds is 3. The number of hydrogen-bond acceptors (Lipinski definition) is 4. The molecule has 6 heteroatoms. The van der Waals surface area contributed by atoms with E-state index >= 15 is 0 Å². The number of nitrogens with one attached hydrogen (secondary N) is 2. The number of aromatic nitrogens is 4. The first-order valence-electron chi connectivity index (χ1n) is 5.99. The molecule has 0 aliphatic heterocycles. The zero-order chi connectivity index (χ0) is 13.2. The number of aromatic amines is 1.